The molecule has 3 aromatic carbocycles. The quantitative estimate of drug-likeness (QED) is 0.569. The molecule has 0 aromatic heterocycles. The van der Waals surface area contributed by atoms with E-state index in [-0.39, 0.29) is 26.6 Å². The molecule has 0 saturated carbocycles. The van der Waals surface area contributed by atoms with Crippen molar-refractivity contribution < 1.29 is 0 Å². The van der Waals surface area contributed by atoms with Crippen LogP contribution in [0.25, 0.3) is 0 Å². The van der Waals surface area contributed by atoms with Gasteiger partial charge in [0.1, 0.15) is 0 Å². The molecular weight excluding hydrogens is 324 g/mol. The minimum Gasteiger partial charge on any atom is -0.0704 e. The molecule has 1 unspecified atom stereocenters. The molecule has 0 heterocycles. The highest BCUT2D eigenvalue weighted by Gasteiger charge is 2.13. The Balaban J connectivity index is 1.65. The lowest BCUT2D eigenvalue weighted by Gasteiger charge is -2.17. The van der Waals surface area contributed by atoms with Crippen molar-refractivity contribution >= 4 is 31.8 Å². The Bertz CT molecular complexity index is 684. The maximum atomic E-state index is 2.35. The van der Waals surface area contributed by atoms with Crippen molar-refractivity contribution in [2.45, 2.75) is 12.0 Å². The third-order valence-corrected chi connectivity index (χ3v) is 20.7. The molecule has 3 heteroatoms. The predicted octanol–water partition coefficient (Wildman–Crippen LogP) is 1.63. The van der Waals surface area contributed by atoms with Gasteiger partial charge in [-0.05, 0) is 23.1 Å². The van der Waals surface area contributed by atoms with Gasteiger partial charge in [0.05, 0.1) is 0 Å². The molecular formula is C20H24Si3. The molecule has 0 N–H and O–H groups in total. The molecule has 0 amide bonds. The standard InChI is InChI=1S/C20H24Si3/c1-4-10-17(11-5-1)16-20(18-12-6-2-7-13-18)22-23-21-19-14-8-3-9-15-19/h1-15,20H,16,21-23H2. The zero-order chi connectivity index (χ0) is 15.7. The molecule has 0 saturated heterocycles. The maximum absolute atomic E-state index is 2.35. The van der Waals surface area contributed by atoms with Gasteiger partial charge in [-0.1, -0.05) is 96.2 Å². The number of hydrogen-bond donors (Lipinski definition) is 0. The fourth-order valence-corrected chi connectivity index (χ4v) is 21.9. The summed E-state index contributed by atoms with van der Waals surface area (Å²) in [6.07, 6.45) is 1.24. The monoisotopic (exact) mass is 348 g/mol. The number of rotatable bonds is 7. The summed E-state index contributed by atoms with van der Waals surface area (Å²) in [6.45, 7) is 0. The molecule has 0 bridgehead atoms. The second-order valence-electron chi connectivity index (χ2n) is 6.18. The first-order valence-electron chi connectivity index (χ1n) is 8.54. The molecule has 3 rings (SSSR count). The van der Waals surface area contributed by atoms with E-state index in [1.807, 2.05) is 0 Å². The third-order valence-electron chi connectivity index (χ3n) is 4.46. The summed E-state index contributed by atoms with van der Waals surface area (Å²) in [5, 5.41) is 1.68. The van der Waals surface area contributed by atoms with Crippen LogP contribution < -0.4 is 5.19 Å². The first kappa shape index (κ1) is 16.2. The van der Waals surface area contributed by atoms with Crippen LogP contribution >= 0.6 is 0 Å². The van der Waals surface area contributed by atoms with Crippen molar-refractivity contribution in [3.63, 3.8) is 0 Å². The minimum atomic E-state index is 0.0400. The Hall–Kier alpha value is -1.69. The molecule has 0 aliphatic carbocycles. The van der Waals surface area contributed by atoms with E-state index in [0.29, 0.717) is 0 Å². The minimum absolute atomic E-state index is 0.0400. The van der Waals surface area contributed by atoms with Crippen molar-refractivity contribution in [1.82, 2.24) is 0 Å². The van der Waals surface area contributed by atoms with E-state index in [9.17, 15) is 0 Å². The molecule has 0 nitrogen and oxygen atoms in total. The summed E-state index contributed by atoms with van der Waals surface area (Å²) in [7, 11) is 0.276. The van der Waals surface area contributed by atoms with Crippen LogP contribution in [0.5, 0.6) is 0 Å². The van der Waals surface area contributed by atoms with Crippen LogP contribution in [0.15, 0.2) is 91.0 Å². The van der Waals surface area contributed by atoms with E-state index in [4.69, 9.17) is 0 Å². The molecule has 0 aliphatic heterocycles. The van der Waals surface area contributed by atoms with Gasteiger partial charge in [-0.2, -0.15) is 0 Å². The topological polar surface area (TPSA) is 0 Å². The van der Waals surface area contributed by atoms with Crippen molar-refractivity contribution in [3.8, 4) is 0 Å². The predicted molar refractivity (Wildman–Crippen MR) is 111 cm³/mol. The Labute approximate surface area is 146 Å². The van der Waals surface area contributed by atoms with Crippen molar-refractivity contribution in [2.75, 3.05) is 0 Å². The largest absolute Gasteiger partial charge is 0.0704 e. The van der Waals surface area contributed by atoms with Gasteiger partial charge in [0.15, 0.2) is 0 Å². The van der Waals surface area contributed by atoms with Gasteiger partial charge >= 0.3 is 0 Å². The van der Waals surface area contributed by atoms with Crippen LogP contribution in [-0.4, -0.2) is 26.6 Å². The zero-order valence-corrected chi connectivity index (χ0v) is 17.8. The molecule has 3 aromatic rings. The third kappa shape index (κ3) is 5.16. The normalized spacial score (nSPS) is 13.6. The van der Waals surface area contributed by atoms with Gasteiger partial charge in [-0.15, -0.1) is 0 Å². The Morgan fingerprint density at radius 3 is 1.87 bits per heavy atom. The van der Waals surface area contributed by atoms with Crippen LogP contribution in [0.4, 0.5) is 0 Å². The summed E-state index contributed by atoms with van der Waals surface area (Å²) in [5.74, 6) is 0. The van der Waals surface area contributed by atoms with Gasteiger partial charge in [0.25, 0.3) is 0 Å². The van der Waals surface area contributed by atoms with Crippen LogP contribution in [-0.2, 0) is 6.42 Å². The Morgan fingerprint density at radius 2 is 1.22 bits per heavy atom. The highest BCUT2D eigenvalue weighted by Crippen LogP contribution is 2.19. The maximum Gasteiger partial charge on any atom is 0.0392 e. The lowest BCUT2D eigenvalue weighted by Crippen LogP contribution is -2.29. The van der Waals surface area contributed by atoms with Gasteiger partial charge in [0, 0.05) is 26.6 Å². The van der Waals surface area contributed by atoms with Crippen molar-refractivity contribution in [1.29, 1.82) is 0 Å². The van der Waals surface area contributed by atoms with Gasteiger partial charge < -0.3 is 0 Å². The zero-order valence-electron chi connectivity index (χ0n) is 13.6. The van der Waals surface area contributed by atoms with E-state index in [1.165, 1.54) is 12.0 Å². The van der Waals surface area contributed by atoms with Crippen LogP contribution in [0, 0.1) is 0 Å². The van der Waals surface area contributed by atoms with E-state index in [1.54, 1.807) is 10.8 Å². The van der Waals surface area contributed by atoms with Gasteiger partial charge in [-0.3, -0.25) is 0 Å². The highest BCUT2D eigenvalue weighted by molar-refractivity contribution is 7.32. The first-order chi connectivity index (χ1) is 11.4. The average molecular weight is 349 g/mol. The van der Waals surface area contributed by atoms with E-state index in [2.05, 4.69) is 91.0 Å². The molecule has 0 fully saturated rings. The number of benzene rings is 3. The van der Waals surface area contributed by atoms with Crippen molar-refractivity contribution in [2.24, 2.45) is 0 Å². The number of hydrogen-bond acceptors (Lipinski definition) is 0. The lowest BCUT2D eigenvalue weighted by molar-refractivity contribution is 0.915. The van der Waals surface area contributed by atoms with Crippen LogP contribution in [0.1, 0.15) is 16.7 Å². The fraction of sp³-hybridized carbons (Fsp3) is 0.100. The smallest absolute Gasteiger partial charge is 0.0392 e. The van der Waals surface area contributed by atoms with Gasteiger partial charge in [0.2, 0.25) is 0 Å². The molecule has 116 valence electrons. The van der Waals surface area contributed by atoms with Gasteiger partial charge in [-0.25, -0.2) is 0 Å². The van der Waals surface area contributed by atoms with Crippen molar-refractivity contribution in [3.05, 3.63) is 102 Å². The molecule has 23 heavy (non-hydrogen) atoms. The fourth-order valence-electron chi connectivity index (χ4n) is 3.21. The summed E-state index contributed by atoms with van der Waals surface area (Å²) < 4.78 is 0. The second kappa shape index (κ2) is 8.82. The molecule has 0 aliphatic rings. The second-order valence-corrected chi connectivity index (χ2v) is 21.5. The Kier molecular flexibility index (Phi) is 6.20. The summed E-state index contributed by atoms with van der Waals surface area (Å²) >= 11 is 0. The summed E-state index contributed by atoms with van der Waals surface area (Å²) in [4.78, 5) is 0. The van der Waals surface area contributed by atoms with E-state index < -0.39 is 0 Å². The SMILES string of the molecule is c1ccc(CC([SiH2][SiH2][SiH2]c2ccccc2)c2ccccc2)cc1. The summed E-state index contributed by atoms with van der Waals surface area (Å²) in [5.41, 5.74) is 3.92. The molecule has 0 spiro atoms. The first-order valence-corrected chi connectivity index (χ1v) is 18.1. The van der Waals surface area contributed by atoms with E-state index in [0.717, 1.165) is 5.54 Å². The van der Waals surface area contributed by atoms with E-state index >= 15 is 0 Å². The highest BCUT2D eigenvalue weighted by atomic mass is 29.5. The molecule has 0 radical (unpaired) electrons. The molecule has 1 atom stereocenters. The van der Waals surface area contributed by atoms with Crippen LogP contribution in [0.3, 0.4) is 0 Å². The van der Waals surface area contributed by atoms with Crippen LogP contribution in [0.2, 0.25) is 0 Å². The summed E-state index contributed by atoms with van der Waals surface area (Å²) in [6, 6.07) is 33.5. The average Bonchev–Trinajstić information content (AvgIpc) is 2.63. The Morgan fingerprint density at radius 1 is 0.652 bits per heavy atom. The lowest BCUT2D eigenvalue weighted by atomic mass is 10.0.